The van der Waals surface area contributed by atoms with E-state index in [4.69, 9.17) is 0 Å². The number of hydrogen-bond acceptors (Lipinski definition) is 3. The van der Waals surface area contributed by atoms with Gasteiger partial charge in [-0.3, -0.25) is 4.40 Å². The molecule has 0 spiro atoms. The molecule has 3 aromatic rings. The number of nitroso groups, excluding NO2 is 1. The van der Waals surface area contributed by atoms with Gasteiger partial charge in [-0.05, 0) is 42.1 Å². The summed E-state index contributed by atoms with van der Waals surface area (Å²) in [6, 6.07) is 14.0. The Labute approximate surface area is 129 Å². The predicted octanol–water partition coefficient (Wildman–Crippen LogP) is 5.22. The van der Waals surface area contributed by atoms with Gasteiger partial charge in [0.2, 0.25) is 5.82 Å². The third-order valence-corrected chi connectivity index (χ3v) is 4.27. The SMILES string of the molecule is CCC(C)c1ccc(-c2nc3cccc(C)n3c2N=O)cc1. The van der Waals surface area contributed by atoms with Crippen molar-refractivity contribution in [3.63, 3.8) is 0 Å². The Hall–Kier alpha value is -2.49. The molecule has 0 aliphatic carbocycles. The van der Waals surface area contributed by atoms with E-state index in [1.807, 2.05) is 37.3 Å². The average molecular weight is 293 g/mol. The monoisotopic (exact) mass is 293 g/mol. The van der Waals surface area contributed by atoms with Crippen molar-refractivity contribution in [2.24, 2.45) is 5.18 Å². The minimum absolute atomic E-state index is 0.365. The van der Waals surface area contributed by atoms with Crippen LogP contribution in [0.5, 0.6) is 0 Å². The van der Waals surface area contributed by atoms with Crippen molar-refractivity contribution in [1.82, 2.24) is 9.38 Å². The van der Waals surface area contributed by atoms with Crippen LogP contribution in [0.15, 0.2) is 47.6 Å². The minimum atomic E-state index is 0.365. The summed E-state index contributed by atoms with van der Waals surface area (Å²) >= 11 is 0. The van der Waals surface area contributed by atoms with Gasteiger partial charge in [0.15, 0.2) is 0 Å². The molecule has 0 fully saturated rings. The largest absolute Gasteiger partial charge is 0.278 e. The number of nitrogens with zero attached hydrogens (tertiary/aromatic N) is 3. The fourth-order valence-corrected chi connectivity index (χ4v) is 2.72. The number of rotatable bonds is 4. The molecule has 3 rings (SSSR count). The normalized spacial score (nSPS) is 12.5. The Bertz CT molecular complexity index is 818. The lowest BCUT2D eigenvalue weighted by atomic mass is 9.97. The minimum Gasteiger partial charge on any atom is -0.278 e. The lowest BCUT2D eigenvalue weighted by Crippen LogP contribution is -1.91. The van der Waals surface area contributed by atoms with Crippen molar-refractivity contribution >= 4 is 11.5 Å². The van der Waals surface area contributed by atoms with Crippen molar-refractivity contribution in [2.45, 2.75) is 33.1 Å². The molecule has 0 N–H and O–H groups in total. The molecular weight excluding hydrogens is 274 g/mol. The third-order valence-electron chi connectivity index (χ3n) is 4.27. The highest BCUT2D eigenvalue weighted by molar-refractivity contribution is 5.75. The molecule has 0 saturated carbocycles. The van der Waals surface area contributed by atoms with Gasteiger partial charge in [-0.2, -0.15) is 0 Å². The van der Waals surface area contributed by atoms with Crippen LogP contribution in [0.25, 0.3) is 16.9 Å². The van der Waals surface area contributed by atoms with Crippen LogP contribution < -0.4 is 0 Å². The molecule has 1 aromatic carbocycles. The number of fused-ring (bicyclic) bond motifs is 1. The first-order chi connectivity index (χ1) is 10.7. The van der Waals surface area contributed by atoms with Crippen molar-refractivity contribution in [3.05, 3.63) is 58.6 Å². The molecule has 2 heterocycles. The second kappa shape index (κ2) is 5.72. The molecule has 0 amide bonds. The van der Waals surface area contributed by atoms with E-state index in [2.05, 4.69) is 36.1 Å². The van der Waals surface area contributed by atoms with E-state index >= 15 is 0 Å². The first kappa shape index (κ1) is 14.4. The molecular formula is C18H19N3O. The third kappa shape index (κ3) is 2.30. The Morgan fingerprint density at radius 3 is 2.55 bits per heavy atom. The maximum absolute atomic E-state index is 11.3. The molecule has 0 bridgehead atoms. The maximum atomic E-state index is 11.3. The average Bonchev–Trinajstić information content (AvgIpc) is 2.94. The van der Waals surface area contributed by atoms with Crippen LogP contribution in [0.3, 0.4) is 0 Å². The zero-order valence-electron chi connectivity index (χ0n) is 13.1. The molecule has 112 valence electrons. The number of aryl methyl sites for hydroxylation is 1. The topological polar surface area (TPSA) is 46.7 Å². The van der Waals surface area contributed by atoms with Gasteiger partial charge in [0, 0.05) is 11.3 Å². The Morgan fingerprint density at radius 2 is 1.91 bits per heavy atom. The maximum Gasteiger partial charge on any atom is 0.209 e. The summed E-state index contributed by atoms with van der Waals surface area (Å²) in [6.45, 7) is 6.33. The van der Waals surface area contributed by atoms with E-state index in [0.717, 1.165) is 23.3 Å². The molecule has 0 aliphatic rings. The summed E-state index contributed by atoms with van der Waals surface area (Å²) in [5, 5.41) is 3.22. The van der Waals surface area contributed by atoms with Gasteiger partial charge >= 0.3 is 0 Å². The molecule has 4 nitrogen and oxygen atoms in total. The molecule has 0 radical (unpaired) electrons. The highest BCUT2D eigenvalue weighted by Gasteiger charge is 2.16. The van der Waals surface area contributed by atoms with Crippen LogP contribution in [0.2, 0.25) is 0 Å². The fourth-order valence-electron chi connectivity index (χ4n) is 2.72. The summed E-state index contributed by atoms with van der Waals surface area (Å²) < 4.78 is 1.80. The van der Waals surface area contributed by atoms with Crippen LogP contribution in [-0.2, 0) is 0 Å². The number of imidazole rings is 1. The summed E-state index contributed by atoms with van der Waals surface area (Å²) in [5.74, 6) is 0.894. The van der Waals surface area contributed by atoms with Crippen LogP contribution in [0, 0.1) is 11.8 Å². The highest BCUT2D eigenvalue weighted by Crippen LogP contribution is 2.32. The van der Waals surface area contributed by atoms with Crippen molar-refractivity contribution in [2.75, 3.05) is 0 Å². The Morgan fingerprint density at radius 1 is 1.18 bits per heavy atom. The summed E-state index contributed by atoms with van der Waals surface area (Å²) in [7, 11) is 0. The highest BCUT2D eigenvalue weighted by atomic mass is 16.3. The van der Waals surface area contributed by atoms with Gasteiger partial charge in [0.1, 0.15) is 11.3 Å². The molecule has 22 heavy (non-hydrogen) atoms. The zero-order valence-corrected chi connectivity index (χ0v) is 13.1. The van der Waals surface area contributed by atoms with Gasteiger partial charge < -0.3 is 0 Å². The second-order valence-corrected chi connectivity index (χ2v) is 5.67. The fraction of sp³-hybridized carbons (Fsp3) is 0.278. The number of pyridine rings is 1. The molecule has 1 unspecified atom stereocenters. The lowest BCUT2D eigenvalue weighted by molar-refractivity contribution is 0.734. The van der Waals surface area contributed by atoms with E-state index in [-0.39, 0.29) is 0 Å². The van der Waals surface area contributed by atoms with Gasteiger partial charge in [-0.1, -0.05) is 44.2 Å². The summed E-state index contributed by atoms with van der Waals surface area (Å²) in [5.41, 5.74) is 4.55. The standard InChI is InChI=1S/C18H19N3O/c1-4-12(2)14-8-10-15(11-9-14)17-18(20-22)21-13(3)6-5-7-16(21)19-17/h5-12H,4H2,1-3H3. The van der Waals surface area contributed by atoms with Gasteiger partial charge in [-0.25, -0.2) is 4.98 Å². The molecule has 0 aliphatic heterocycles. The van der Waals surface area contributed by atoms with E-state index < -0.39 is 0 Å². The van der Waals surface area contributed by atoms with E-state index in [0.29, 0.717) is 17.4 Å². The van der Waals surface area contributed by atoms with E-state index in [1.54, 1.807) is 4.40 Å². The Kier molecular flexibility index (Phi) is 3.75. The summed E-state index contributed by atoms with van der Waals surface area (Å²) in [6.07, 6.45) is 1.11. The summed E-state index contributed by atoms with van der Waals surface area (Å²) in [4.78, 5) is 15.9. The van der Waals surface area contributed by atoms with Gasteiger partial charge in [0.05, 0.1) is 0 Å². The number of hydrogen-bond donors (Lipinski definition) is 0. The first-order valence-electron chi connectivity index (χ1n) is 7.57. The van der Waals surface area contributed by atoms with Crippen molar-refractivity contribution in [3.8, 4) is 11.3 Å². The van der Waals surface area contributed by atoms with Crippen LogP contribution in [-0.4, -0.2) is 9.38 Å². The second-order valence-electron chi connectivity index (χ2n) is 5.67. The Balaban J connectivity index is 2.14. The molecule has 1 atom stereocenters. The molecule has 2 aromatic heterocycles. The first-order valence-corrected chi connectivity index (χ1v) is 7.57. The van der Waals surface area contributed by atoms with E-state index in [9.17, 15) is 4.91 Å². The number of aromatic nitrogens is 2. The molecule has 4 heteroatoms. The van der Waals surface area contributed by atoms with Crippen LogP contribution >= 0.6 is 0 Å². The smallest absolute Gasteiger partial charge is 0.209 e. The van der Waals surface area contributed by atoms with E-state index in [1.165, 1.54) is 5.56 Å². The predicted molar refractivity (Wildman–Crippen MR) is 89.5 cm³/mol. The van der Waals surface area contributed by atoms with Crippen LogP contribution in [0.1, 0.15) is 37.4 Å². The quantitative estimate of drug-likeness (QED) is 0.619. The van der Waals surface area contributed by atoms with Gasteiger partial charge in [-0.15, -0.1) is 4.91 Å². The van der Waals surface area contributed by atoms with Crippen molar-refractivity contribution in [1.29, 1.82) is 0 Å². The zero-order chi connectivity index (χ0) is 15.7. The van der Waals surface area contributed by atoms with Gasteiger partial charge in [0.25, 0.3) is 0 Å². The lowest BCUT2D eigenvalue weighted by Gasteiger charge is -2.09. The molecule has 0 saturated heterocycles. The number of benzene rings is 1. The van der Waals surface area contributed by atoms with Crippen molar-refractivity contribution < 1.29 is 0 Å². The van der Waals surface area contributed by atoms with Crippen LogP contribution in [0.4, 0.5) is 5.82 Å².